The Hall–Kier alpha value is -1.30. The lowest BCUT2D eigenvalue weighted by Crippen LogP contribution is -2.44. The molecule has 0 aromatic carbocycles. The molecule has 0 saturated carbocycles. The van der Waals surface area contributed by atoms with Crippen LogP contribution >= 0.6 is 0 Å². The average Bonchev–Trinajstić information content (AvgIpc) is 2.77. The van der Waals surface area contributed by atoms with Crippen LogP contribution in [0.25, 0.3) is 0 Å². The zero-order valence-electron chi connectivity index (χ0n) is 10.2. The van der Waals surface area contributed by atoms with Gasteiger partial charge < -0.3 is 20.6 Å². The Balaban J connectivity index is 2.01. The Kier molecular flexibility index (Phi) is 5.76. The molecule has 0 aliphatic carbocycles. The first-order valence-electron chi connectivity index (χ1n) is 6.09. The second-order valence-corrected chi connectivity index (χ2v) is 4.36. The van der Waals surface area contributed by atoms with Crippen molar-refractivity contribution in [1.82, 2.24) is 15.5 Å². The van der Waals surface area contributed by atoms with E-state index in [0.717, 1.165) is 26.1 Å². The van der Waals surface area contributed by atoms with Gasteiger partial charge in [-0.2, -0.15) is 0 Å². The standard InChI is InChI=1S/C11H21N3O3/c1-9(10(15)16)13-11(17)12-5-4-8-14-6-2-3-7-14/h9H,2-8H2,1H3,(H,15,16)(H2,12,13,17)/t9-/m1/s1. The lowest BCUT2D eigenvalue weighted by atomic mass is 10.3. The Morgan fingerprint density at radius 3 is 2.59 bits per heavy atom. The van der Waals surface area contributed by atoms with Gasteiger partial charge in [0.2, 0.25) is 0 Å². The molecule has 0 bridgehead atoms. The average molecular weight is 243 g/mol. The lowest BCUT2D eigenvalue weighted by Gasteiger charge is -2.15. The van der Waals surface area contributed by atoms with Crippen molar-refractivity contribution in [2.75, 3.05) is 26.2 Å². The molecule has 1 heterocycles. The molecule has 2 amide bonds. The number of urea groups is 1. The predicted molar refractivity (Wildman–Crippen MR) is 63.9 cm³/mol. The van der Waals surface area contributed by atoms with E-state index < -0.39 is 18.0 Å². The van der Waals surface area contributed by atoms with E-state index >= 15 is 0 Å². The highest BCUT2D eigenvalue weighted by molar-refractivity contribution is 5.82. The van der Waals surface area contributed by atoms with Crippen LogP contribution in [0.5, 0.6) is 0 Å². The van der Waals surface area contributed by atoms with Gasteiger partial charge in [-0.3, -0.25) is 4.79 Å². The smallest absolute Gasteiger partial charge is 0.325 e. The summed E-state index contributed by atoms with van der Waals surface area (Å²) in [5.74, 6) is -1.03. The van der Waals surface area contributed by atoms with Crippen molar-refractivity contribution in [3.05, 3.63) is 0 Å². The van der Waals surface area contributed by atoms with E-state index in [4.69, 9.17) is 5.11 Å². The van der Waals surface area contributed by atoms with Gasteiger partial charge in [0, 0.05) is 6.54 Å². The number of carboxylic acids is 1. The van der Waals surface area contributed by atoms with Crippen LogP contribution in [-0.4, -0.2) is 54.2 Å². The highest BCUT2D eigenvalue weighted by Gasteiger charge is 2.13. The van der Waals surface area contributed by atoms with E-state index in [1.807, 2.05) is 0 Å². The number of carboxylic acid groups (broad SMARTS) is 1. The Labute approximate surface area is 101 Å². The van der Waals surface area contributed by atoms with Gasteiger partial charge in [0.25, 0.3) is 0 Å². The molecular weight excluding hydrogens is 222 g/mol. The van der Waals surface area contributed by atoms with Gasteiger partial charge in [-0.05, 0) is 45.8 Å². The van der Waals surface area contributed by atoms with Crippen molar-refractivity contribution in [2.24, 2.45) is 0 Å². The summed E-state index contributed by atoms with van der Waals surface area (Å²) < 4.78 is 0. The van der Waals surface area contributed by atoms with Crippen molar-refractivity contribution in [3.63, 3.8) is 0 Å². The summed E-state index contributed by atoms with van der Waals surface area (Å²) in [6, 6.07) is -1.27. The van der Waals surface area contributed by atoms with Crippen LogP contribution in [-0.2, 0) is 4.79 Å². The molecule has 1 atom stereocenters. The first-order valence-corrected chi connectivity index (χ1v) is 6.09. The van der Waals surface area contributed by atoms with Crippen LogP contribution in [0.15, 0.2) is 0 Å². The molecule has 0 spiro atoms. The highest BCUT2D eigenvalue weighted by Crippen LogP contribution is 2.06. The van der Waals surface area contributed by atoms with Crippen molar-refractivity contribution in [2.45, 2.75) is 32.2 Å². The molecule has 1 saturated heterocycles. The van der Waals surface area contributed by atoms with E-state index in [1.165, 1.54) is 19.8 Å². The van der Waals surface area contributed by atoms with E-state index in [9.17, 15) is 9.59 Å². The molecule has 0 unspecified atom stereocenters. The number of likely N-dealkylation sites (tertiary alicyclic amines) is 1. The minimum Gasteiger partial charge on any atom is -0.480 e. The number of carbonyl (C=O) groups is 2. The molecule has 98 valence electrons. The zero-order chi connectivity index (χ0) is 12.7. The minimum absolute atomic E-state index is 0.415. The van der Waals surface area contributed by atoms with Crippen LogP contribution < -0.4 is 10.6 Å². The van der Waals surface area contributed by atoms with Crippen LogP contribution in [0, 0.1) is 0 Å². The molecule has 1 aliphatic heterocycles. The number of nitrogens with zero attached hydrogens (tertiary/aromatic N) is 1. The van der Waals surface area contributed by atoms with Gasteiger partial charge in [-0.15, -0.1) is 0 Å². The molecule has 6 heteroatoms. The number of rotatable bonds is 6. The fraction of sp³-hybridized carbons (Fsp3) is 0.818. The van der Waals surface area contributed by atoms with Crippen molar-refractivity contribution in [3.8, 4) is 0 Å². The molecule has 1 fully saturated rings. The molecule has 0 aromatic heterocycles. The summed E-state index contributed by atoms with van der Waals surface area (Å²) in [7, 11) is 0. The third-order valence-electron chi connectivity index (χ3n) is 2.85. The maximum Gasteiger partial charge on any atom is 0.325 e. The summed E-state index contributed by atoms with van der Waals surface area (Å²) in [5.41, 5.74) is 0. The van der Waals surface area contributed by atoms with Crippen LogP contribution in [0.4, 0.5) is 4.79 Å². The third-order valence-corrected chi connectivity index (χ3v) is 2.85. The monoisotopic (exact) mass is 243 g/mol. The molecule has 6 nitrogen and oxygen atoms in total. The summed E-state index contributed by atoms with van der Waals surface area (Å²) in [5, 5.41) is 13.6. The molecule has 0 aromatic rings. The van der Waals surface area contributed by atoms with Gasteiger partial charge in [0.05, 0.1) is 0 Å². The largest absolute Gasteiger partial charge is 0.480 e. The zero-order valence-corrected chi connectivity index (χ0v) is 10.2. The van der Waals surface area contributed by atoms with Crippen LogP contribution in [0.1, 0.15) is 26.2 Å². The first kappa shape index (κ1) is 13.8. The number of hydrogen-bond donors (Lipinski definition) is 3. The summed E-state index contributed by atoms with van der Waals surface area (Å²) >= 11 is 0. The predicted octanol–water partition coefficient (Wildman–Crippen LogP) is 0.245. The second kappa shape index (κ2) is 7.11. The third kappa shape index (κ3) is 5.53. The molecule has 0 radical (unpaired) electrons. The van der Waals surface area contributed by atoms with E-state index in [2.05, 4.69) is 15.5 Å². The summed E-state index contributed by atoms with van der Waals surface area (Å²) in [4.78, 5) is 24.1. The van der Waals surface area contributed by atoms with E-state index in [1.54, 1.807) is 0 Å². The van der Waals surface area contributed by atoms with E-state index in [0.29, 0.717) is 6.54 Å². The van der Waals surface area contributed by atoms with Crippen LogP contribution in [0.3, 0.4) is 0 Å². The van der Waals surface area contributed by atoms with Crippen LogP contribution in [0.2, 0.25) is 0 Å². The van der Waals surface area contributed by atoms with E-state index in [-0.39, 0.29) is 0 Å². The molecular formula is C11H21N3O3. The number of nitrogens with one attached hydrogen (secondary N) is 2. The van der Waals surface area contributed by atoms with Gasteiger partial charge in [0.1, 0.15) is 6.04 Å². The molecule has 17 heavy (non-hydrogen) atoms. The van der Waals surface area contributed by atoms with Gasteiger partial charge in [0.15, 0.2) is 0 Å². The number of aliphatic carboxylic acids is 1. The summed E-state index contributed by atoms with van der Waals surface area (Å²) in [6.07, 6.45) is 3.43. The molecule has 3 N–H and O–H groups in total. The van der Waals surface area contributed by atoms with Gasteiger partial charge in [-0.25, -0.2) is 4.79 Å². The molecule has 1 aliphatic rings. The number of carbonyl (C=O) groups excluding carboxylic acids is 1. The topological polar surface area (TPSA) is 81.7 Å². The minimum atomic E-state index is -1.03. The Morgan fingerprint density at radius 2 is 2.00 bits per heavy atom. The highest BCUT2D eigenvalue weighted by atomic mass is 16.4. The lowest BCUT2D eigenvalue weighted by molar-refractivity contribution is -0.138. The van der Waals surface area contributed by atoms with Crippen molar-refractivity contribution >= 4 is 12.0 Å². The number of amides is 2. The summed E-state index contributed by atoms with van der Waals surface area (Å²) in [6.45, 7) is 5.32. The fourth-order valence-corrected chi connectivity index (χ4v) is 1.82. The normalized spacial score (nSPS) is 17.7. The number of hydrogen-bond acceptors (Lipinski definition) is 3. The maximum atomic E-state index is 11.3. The maximum absolute atomic E-state index is 11.3. The van der Waals surface area contributed by atoms with Gasteiger partial charge >= 0.3 is 12.0 Å². The van der Waals surface area contributed by atoms with Gasteiger partial charge in [-0.1, -0.05) is 0 Å². The second-order valence-electron chi connectivity index (χ2n) is 4.36. The van der Waals surface area contributed by atoms with Crippen molar-refractivity contribution < 1.29 is 14.7 Å². The Morgan fingerprint density at radius 1 is 1.35 bits per heavy atom. The van der Waals surface area contributed by atoms with Crippen molar-refractivity contribution in [1.29, 1.82) is 0 Å². The fourth-order valence-electron chi connectivity index (χ4n) is 1.82. The quantitative estimate of drug-likeness (QED) is 0.584. The SMILES string of the molecule is C[C@@H](NC(=O)NCCCN1CCCC1)C(=O)O. The molecule has 1 rings (SSSR count). The Bertz CT molecular complexity index is 265. The first-order chi connectivity index (χ1) is 8.09.